The summed E-state index contributed by atoms with van der Waals surface area (Å²) in [4.78, 5) is 0. The lowest BCUT2D eigenvalue weighted by atomic mass is 9.78. The highest BCUT2D eigenvalue weighted by molar-refractivity contribution is 6.31. The third-order valence-corrected chi connectivity index (χ3v) is 3.97. The Bertz CT molecular complexity index is 415. The van der Waals surface area contributed by atoms with Gasteiger partial charge in [0, 0.05) is 17.0 Å². The lowest BCUT2D eigenvalue weighted by Gasteiger charge is -2.31. The van der Waals surface area contributed by atoms with E-state index < -0.39 is 0 Å². The van der Waals surface area contributed by atoms with Gasteiger partial charge in [-0.15, -0.1) is 0 Å². The van der Waals surface area contributed by atoms with Crippen molar-refractivity contribution in [3.05, 3.63) is 47.0 Å². The van der Waals surface area contributed by atoms with Crippen molar-refractivity contribution in [3.8, 4) is 0 Å². The van der Waals surface area contributed by atoms with Gasteiger partial charge < -0.3 is 5.32 Å². The topological polar surface area (TPSA) is 12.0 Å². The standard InChI is InChI=1S/C16H22ClN/c1-13(2)11-18-12-16(9-5-6-10-16)14-7-3-4-8-15(14)17/h3-8,13,18H,9-12H2,1-2H3. The van der Waals surface area contributed by atoms with Crippen LogP contribution in [0.1, 0.15) is 32.3 Å². The molecular weight excluding hydrogens is 242 g/mol. The number of nitrogens with one attached hydrogen (secondary N) is 1. The fourth-order valence-corrected chi connectivity index (χ4v) is 2.99. The van der Waals surface area contributed by atoms with Crippen molar-refractivity contribution in [2.24, 2.45) is 5.92 Å². The van der Waals surface area contributed by atoms with Crippen molar-refractivity contribution < 1.29 is 0 Å². The molecule has 0 unspecified atom stereocenters. The molecule has 1 aliphatic carbocycles. The first-order chi connectivity index (χ1) is 8.64. The highest BCUT2D eigenvalue weighted by Gasteiger charge is 2.34. The summed E-state index contributed by atoms with van der Waals surface area (Å²) in [5, 5.41) is 4.49. The Morgan fingerprint density at radius 1 is 1.22 bits per heavy atom. The van der Waals surface area contributed by atoms with Crippen molar-refractivity contribution in [3.63, 3.8) is 0 Å². The van der Waals surface area contributed by atoms with Gasteiger partial charge >= 0.3 is 0 Å². The van der Waals surface area contributed by atoms with Gasteiger partial charge in [0.15, 0.2) is 0 Å². The maximum absolute atomic E-state index is 6.38. The van der Waals surface area contributed by atoms with E-state index in [0.29, 0.717) is 5.92 Å². The van der Waals surface area contributed by atoms with E-state index in [1.165, 1.54) is 5.56 Å². The second kappa shape index (κ2) is 5.90. The Morgan fingerprint density at radius 2 is 1.89 bits per heavy atom. The van der Waals surface area contributed by atoms with E-state index in [9.17, 15) is 0 Å². The van der Waals surface area contributed by atoms with Crippen LogP contribution in [0, 0.1) is 5.92 Å². The summed E-state index contributed by atoms with van der Waals surface area (Å²) < 4.78 is 0. The Morgan fingerprint density at radius 3 is 2.50 bits per heavy atom. The zero-order chi connectivity index (χ0) is 13.0. The SMILES string of the molecule is CC(C)CNCC1(c2ccccc2Cl)CC=CC1. The van der Waals surface area contributed by atoms with Crippen molar-refractivity contribution in [2.75, 3.05) is 13.1 Å². The Kier molecular flexibility index (Phi) is 4.47. The number of rotatable bonds is 5. The molecule has 1 aromatic rings. The van der Waals surface area contributed by atoms with Gasteiger partial charge in [-0.25, -0.2) is 0 Å². The van der Waals surface area contributed by atoms with Crippen molar-refractivity contribution in [1.29, 1.82) is 0 Å². The van der Waals surface area contributed by atoms with Crippen molar-refractivity contribution in [2.45, 2.75) is 32.1 Å². The first kappa shape index (κ1) is 13.6. The van der Waals surface area contributed by atoms with Gasteiger partial charge in [0.2, 0.25) is 0 Å². The van der Waals surface area contributed by atoms with Crippen LogP contribution in [0.3, 0.4) is 0 Å². The monoisotopic (exact) mass is 263 g/mol. The molecule has 1 N–H and O–H groups in total. The van der Waals surface area contributed by atoms with Gasteiger partial charge in [-0.3, -0.25) is 0 Å². The summed E-state index contributed by atoms with van der Waals surface area (Å²) in [5.74, 6) is 0.683. The van der Waals surface area contributed by atoms with E-state index in [0.717, 1.165) is 31.0 Å². The zero-order valence-corrected chi connectivity index (χ0v) is 12.0. The van der Waals surface area contributed by atoms with E-state index in [1.807, 2.05) is 12.1 Å². The van der Waals surface area contributed by atoms with Crippen LogP contribution in [0.2, 0.25) is 5.02 Å². The second-order valence-corrected chi connectivity index (χ2v) is 6.07. The molecule has 0 fully saturated rings. The van der Waals surface area contributed by atoms with Crippen molar-refractivity contribution in [1.82, 2.24) is 5.32 Å². The van der Waals surface area contributed by atoms with Crippen LogP contribution in [0.25, 0.3) is 0 Å². The van der Waals surface area contributed by atoms with Gasteiger partial charge in [0.05, 0.1) is 0 Å². The van der Waals surface area contributed by atoms with Crippen LogP contribution < -0.4 is 5.32 Å². The maximum atomic E-state index is 6.38. The first-order valence-electron chi connectivity index (χ1n) is 6.75. The van der Waals surface area contributed by atoms with E-state index in [1.54, 1.807) is 0 Å². The minimum absolute atomic E-state index is 0.160. The number of halogens is 1. The number of hydrogen-bond donors (Lipinski definition) is 1. The van der Waals surface area contributed by atoms with Crippen LogP contribution in [0.15, 0.2) is 36.4 Å². The highest BCUT2D eigenvalue weighted by atomic mass is 35.5. The summed E-state index contributed by atoms with van der Waals surface area (Å²) >= 11 is 6.38. The van der Waals surface area contributed by atoms with Crippen LogP contribution in [0.4, 0.5) is 0 Å². The molecule has 0 saturated heterocycles. The summed E-state index contributed by atoms with van der Waals surface area (Å²) in [6, 6.07) is 8.26. The predicted octanol–water partition coefficient (Wildman–Crippen LogP) is 4.17. The quantitative estimate of drug-likeness (QED) is 0.786. The zero-order valence-electron chi connectivity index (χ0n) is 11.2. The molecule has 1 aromatic carbocycles. The molecule has 98 valence electrons. The molecule has 18 heavy (non-hydrogen) atoms. The van der Waals surface area contributed by atoms with E-state index in [2.05, 4.69) is 43.4 Å². The average Bonchev–Trinajstić information content (AvgIpc) is 2.79. The Hall–Kier alpha value is -0.790. The average molecular weight is 264 g/mol. The lowest BCUT2D eigenvalue weighted by Crippen LogP contribution is -2.37. The third kappa shape index (κ3) is 2.96. The molecule has 1 nitrogen and oxygen atoms in total. The van der Waals surface area contributed by atoms with Crippen molar-refractivity contribution >= 4 is 11.6 Å². The highest BCUT2D eigenvalue weighted by Crippen LogP contribution is 2.39. The molecule has 0 amide bonds. The summed E-state index contributed by atoms with van der Waals surface area (Å²) in [5.41, 5.74) is 1.45. The van der Waals surface area contributed by atoms with E-state index in [4.69, 9.17) is 11.6 Å². The Balaban J connectivity index is 2.15. The summed E-state index contributed by atoms with van der Waals surface area (Å²) in [7, 11) is 0. The molecule has 1 aliphatic rings. The van der Waals surface area contributed by atoms with Gasteiger partial charge in [0.25, 0.3) is 0 Å². The number of benzene rings is 1. The first-order valence-corrected chi connectivity index (χ1v) is 7.12. The Labute approximate surface area is 115 Å². The van der Waals surface area contributed by atoms with Crippen LogP contribution >= 0.6 is 11.6 Å². The lowest BCUT2D eigenvalue weighted by molar-refractivity contribution is 0.402. The summed E-state index contributed by atoms with van der Waals surface area (Å²) in [6.45, 7) is 6.54. The van der Waals surface area contributed by atoms with Gasteiger partial charge in [-0.1, -0.05) is 55.8 Å². The molecule has 0 atom stereocenters. The molecule has 0 spiro atoms. The molecule has 0 aliphatic heterocycles. The van der Waals surface area contributed by atoms with E-state index in [-0.39, 0.29) is 5.41 Å². The smallest absolute Gasteiger partial charge is 0.0444 e. The molecule has 0 saturated carbocycles. The molecule has 0 heterocycles. The largest absolute Gasteiger partial charge is 0.316 e. The molecule has 0 radical (unpaired) electrons. The van der Waals surface area contributed by atoms with Crippen LogP contribution in [-0.2, 0) is 5.41 Å². The van der Waals surface area contributed by atoms with Crippen LogP contribution in [0.5, 0.6) is 0 Å². The summed E-state index contributed by atoms with van der Waals surface area (Å²) in [6.07, 6.45) is 6.73. The van der Waals surface area contributed by atoms with Gasteiger partial charge in [0.1, 0.15) is 0 Å². The molecule has 0 aromatic heterocycles. The van der Waals surface area contributed by atoms with Gasteiger partial charge in [-0.2, -0.15) is 0 Å². The van der Waals surface area contributed by atoms with Gasteiger partial charge in [-0.05, 0) is 36.9 Å². The maximum Gasteiger partial charge on any atom is 0.0444 e. The van der Waals surface area contributed by atoms with Crippen LogP contribution in [-0.4, -0.2) is 13.1 Å². The predicted molar refractivity (Wildman–Crippen MR) is 79.2 cm³/mol. The molecule has 2 heteroatoms. The molecule has 0 bridgehead atoms. The minimum Gasteiger partial charge on any atom is -0.316 e. The number of allylic oxidation sites excluding steroid dienone is 2. The molecule has 2 rings (SSSR count). The molecular formula is C16H22ClN. The third-order valence-electron chi connectivity index (χ3n) is 3.65. The number of hydrogen-bond acceptors (Lipinski definition) is 1. The second-order valence-electron chi connectivity index (χ2n) is 5.66. The fraction of sp³-hybridized carbons (Fsp3) is 0.500. The minimum atomic E-state index is 0.160. The van der Waals surface area contributed by atoms with E-state index >= 15 is 0 Å². The fourth-order valence-electron chi connectivity index (χ4n) is 2.65. The normalized spacial score (nSPS) is 17.6.